The number of esters is 1. The van der Waals surface area contributed by atoms with Gasteiger partial charge in [0.1, 0.15) is 6.04 Å². The molecule has 0 saturated heterocycles. The number of carbonyl (C=O) groups excluding carboxylic acids is 3. The molecule has 0 heterocycles. The normalized spacial score (nSPS) is 15.2. The zero-order valence-electron chi connectivity index (χ0n) is 19.7. The molecule has 6 nitrogen and oxygen atoms in total. The number of allylic oxidation sites excluding steroid dienone is 1. The van der Waals surface area contributed by atoms with Gasteiger partial charge in [-0.2, -0.15) is 0 Å². The molecule has 3 rings (SSSR count). The monoisotopic (exact) mass is 516 g/mol. The van der Waals surface area contributed by atoms with Crippen LogP contribution in [0.2, 0.25) is 10.0 Å². The van der Waals surface area contributed by atoms with Crippen LogP contribution in [-0.2, 0) is 20.7 Å². The zero-order valence-corrected chi connectivity index (χ0v) is 21.3. The summed E-state index contributed by atoms with van der Waals surface area (Å²) in [6.07, 6.45) is 7.18. The van der Waals surface area contributed by atoms with E-state index in [4.69, 9.17) is 27.9 Å². The van der Waals surface area contributed by atoms with Gasteiger partial charge in [0.25, 0.3) is 5.91 Å². The van der Waals surface area contributed by atoms with Gasteiger partial charge in [-0.05, 0) is 55.5 Å². The van der Waals surface area contributed by atoms with Crippen LogP contribution in [0.5, 0.6) is 0 Å². The van der Waals surface area contributed by atoms with Crippen LogP contribution in [0.1, 0.15) is 54.4 Å². The molecule has 0 spiro atoms. The van der Waals surface area contributed by atoms with Crippen molar-refractivity contribution in [1.29, 1.82) is 0 Å². The number of halogens is 2. The van der Waals surface area contributed by atoms with E-state index in [0.29, 0.717) is 5.69 Å². The van der Waals surface area contributed by atoms with Crippen LogP contribution in [0.15, 0.2) is 55.1 Å². The van der Waals surface area contributed by atoms with E-state index in [1.807, 2.05) is 6.08 Å². The molecule has 2 amide bonds. The number of nitrogens with one attached hydrogen (secondary N) is 2. The maximum Gasteiger partial charge on any atom is 0.328 e. The maximum atomic E-state index is 13.2. The zero-order chi connectivity index (χ0) is 25.4. The molecule has 0 aliphatic heterocycles. The van der Waals surface area contributed by atoms with Crippen LogP contribution in [-0.4, -0.2) is 30.9 Å². The highest BCUT2D eigenvalue weighted by Gasteiger charge is 2.41. The van der Waals surface area contributed by atoms with Crippen LogP contribution in [0.3, 0.4) is 0 Å². The molecule has 1 atom stereocenters. The van der Waals surface area contributed by atoms with Gasteiger partial charge in [0.15, 0.2) is 0 Å². The van der Waals surface area contributed by atoms with Crippen molar-refractivity contribution in [1.82, 2.24) is 5.32 Å². The summed E-state index contributed by atoms with van der Waals surface area (Å²) in [5.74, 6) is -1.02. The van der Waals surface area contributed by atoms with E-state index in [2.05, 4.69) is 17.2 Å². The molecule has 2 aromatic rings. The number of benzene rings is 2. The predicted octanol–water partition coefficient (Wildman–Crippen LogP) is 5.97. The van der Waals surface area contributed by atoms with Gasteiger partial charge in [0.2, 0.25) is 5.91 Å². The highest BCUT2D eigenvalue weighted by Crippen LogP contribution is 2.42. The second kappa shape index (κ2) is 12.2. The van der Waals surface area contributed by atoms with Gasteiger partial charge < -0.3 is 15.4 Å². The fourth-order valence-electron chi connectivity index (χ4n) is 4.54. The molecule has 0 radical (unpaired) electrons. The van der Waals surface area contributed by atoms with Crippen molar-refractivity contribution in [2.75, 3.05) is 12.4 Å². The van der Waals surface area contributed by atoms with E-state index in [9.17, 15) is 14.4 Å². The summed E-state index contributed by atoms with van der Waals surface area (Å²) in [7, 11) is 1.31. The standard InChI is InChI=1S/C27H30Cl2N2O4/c1-3-4-14-27(15-5-6-16-27)26(34)31-22(25(33)35-2)17-18-10-12-19(13-11-18)30-24(32)23-20(28)8-7-9-21(23)29/h3,7-13,22H,1,4-6,14-17H2,2H3,(H,30,32)(H,31,34). The number of hydrogen-bond donors (Lipinski definition) is 2. The molecule has 35 heavy (non-hydrogen) atoms. The maximum absolute atomic E-state index is 13.2. The van der Waals surface area contributed by atoms with Gasteiger partial charge in [-0.15, -0.1) is 6.58 Å². The fourth-order valence-corrected chi connectivity index (χ4v) is 5.10. The smallest absolute Gasteiger partial charge is 0.328 e. The van der Waals surface area contributed by atoms with E-state index < -0.39 is 23.3 Å². The Hall–Kier alpha value is -2.83. The van der Waals surface area contributed by atoms with Crippen LogP contribution in [0, 0.1) is 5.41 Å². The van der Waals surface area contributed by atoms with E-state index >= 15 is 0 Å². The summed E-state index contributed by atoms with van der Waals surface area (Å²) in [4.78, 5) is 38.3. The van der Waals surface area contributed by atoms with Crippen LogP contribution < -0.4 is 10.6 Å². The Morgan fingerprint density at radius 2 is 1.71 bits per heavy atom. The minimum Gasteiger partial charge on any atom is -0.467 e. The molecule has 2 N–H and O–H groups in total. The average molecular weight is 517 g/mol. The lowest BCUT2D eigenvalue weighted by molar-refractivity contribution is -0.146. The van der Waals surface area contributed by atoms with E-state index in [1.54, 1.807) is 42.5 Å². The van der Waals surface area contributed by atoms with Gasteiger partial charge >= 0.3 is 5.97 Å². The first-order valence-corrected chi connectivity index (χ1v) is 12.4. The lowest BCUT2D eigenvalue weighted by atomic mass is 9.80. The van der Waals surface area contributed by atoms with Crippen molar-refractivity contribution >= 4 is 46.7 Å². The number of amides is 2. The van der Waals surface area contributed by atoms with Crippen molar-refractivity contribution < 1.29 is 19.1 Å². The fraction of sp³-hybridized carbons (Fsp3) is 0.370. The number of methoxy groups -OCH3 is 1. The summed E-state index contributed by atoms with van der Waals surface area (Å²) in [6, 6.07) is 11.1. The lowest BCUT2D eigenvalue weighted by Gasteiger charge is -2.29. The van der Waals surface area contributed by atoms with Gasteiger partial charge in [-0.25, -0.2) is 4.79 Å². The second-order valence-corrected chi connectivity index (χ2v) is 9.63. The Kier molecular flexibility index (Phi) is 9.35. The highest BCUT2D eigenvalue weighted by molar-refractivity contribution is 6.40. The molecular weight excluding hydrogens is 487 g/mol. The molecule has 0 aromatic heterocycles. The number of carbonyl (C=O) groups is 3. The Labute approximate surface area is 216 Å². The highest BCUT2D eigenvalue weighted by atomic mass is 35.5. The Balaban J connectivity index is 1.69. The van der Waals surface area contributed by atoms with Crippen molar-refractivity contribution in [2.45, 2.75) is 51.0 Å². The number of rotatable bonds is 10. The summed E-state index contributed by atoms with van der Waals surface area (Å²) in [6.45, 7) is 3.78. The quantitative estimate of drug-likeness (QED) is 0.300. The molecule has 1 saturated carbocycles. The van der Waals surface area contributed by atoms with Crippen LogP contribution >= 0.6 is 23.2 Å². The van der Waals surface area contributed by atoms with E-state index in [-0.39, 0.29) is 27.9 Å². The third-order valence-corrected chi connectivity index (χ3v) is 7.13. The van der Waals surface area contributed by atoms with Crippen LogP contribution in [0.4, 0.5) is 5.69 Å². The first-order chi connectivity index (χ1) is 16.8. The molecule has 1 aliphatic carbocycles. The molecule has 1 fully saturated rings. The number of anilines is 1. The third-order valence-electron chi connectivity index (χ3n) is 6.50. The van der Waals surface area contributed by atoms with Crippen LogP contribution in [0.25, 0.3) is 0 Å². The first kappa shape index (κ1) is 26.8. The molecular formula is C27H30Cl2N2O4. The van der Waals surface area contributed by atoms with Gasteiger partial charge in [0, 0.05) is 17.5 Å². The van der Waals surface area contributed by atoms with Crippen molar-refractivity contribution in [3.8, 4) is 0 Å². The lowest BCUT2D eigenvalue weighted by Crippen LogP contribution is -2.49. The summed E-state index contributed by atoms with van der Waals surface area (Å²) in [5, 5.41) is 6.23. The Morgan fingerprint density at radius 1 is 1.09 bits per heavy atom. The molecule has 8 heteroatoms. The molecule has 1 unspecified atom stereocenters. The summed E-state index contributed by atoms with van der Waals surface area (Å²) >= 11 is 12.2. The molecule has 186 valence electrons. The molecule has 0 bridgehead atoms. The van der Waals surface area contributed by atoms with E-state index in [0.717, 1.165) is 44.1 Å². The van der Waals surface area contributed by atoms with Gasteiger partial charge in [-0.3, -0.25) is 9.59 Å². The second-order valence-electron chi connectivity index (χ2n) is 8.82. The molecule has 2 aromatic carbocycles. The minimum atomic E-state index is -0.809. The molecule has 1 aliphatic rings. The Bertz CT molecular complexity index is 1060. The van der Waals surface area contributed by atoms with Crippen molar-refractivity contribution in [3.63, 3.8) is 0 Å². The average Bonchev–Trinajstić information content (AvgIpc) is 3.33. The number of ether oxygens (including phenoxy) is 1. The predicted molar refractivity (Wildman–Crippen MR) is 139 cm³/mol. The Morgan fingerprint density at radius 3 is 2.29 bits per heavy atom. The van der Waals surface area contributed by atoms with Gasteiger partial charge in [0.05, 0.1) is 22.7 Å². The summed E-state index contributed by atoms with van der Waals surface area (Å²) in [5.41, 5.74) is 1.09. The SMILES string of the molecule is C=CCCC1(C(=O)NC(Cc2ccc(NC(=O)c3c(Cl)cccc3Cl)cc2)C(=O)OC)CCCC1. The van der Waals surface area contributed by atoms with Gasteiger partial charge in [-0.1, -0.05) is 60.3 Å². The van der Waals surface area contributed by atoms with E-state index in [1.165, 1.54) is 7.11 Å². The van der Waals surface area contributed by atoms with Crippen molar-refractivity contribution in [2.24, 2.45) is 5.41 Å². The largest absolute Gasteiger partial charge is 0.467 e. The van der Waals surface area contributed by atoms with Crippen molar-refractivity contribution in [3.05, 3.63) is 76.3 Å². The topological polar surface area (TPSA) is 84.5 Å². The third kappa shape index (κ3) is 6.65. The minimum absolute atomic E-state index is 0.104. The first-order valence-electron chi connectivity index (χ1n) is 11.6. The summed E-state index contributed by atoms with van der Waals surface area (Å²) < 4.78 is 4.96. The number of hydrogen-bond acceptors (Lipinski definition) is 4.